The molecule has 2 atom stereocenters. The van der Waals surface area contributed by atoms with Crippen molar-refractivity contribution in [2.24, 2.45) is 5.92 Å². The molecule has 2 aliphatic rings. The highest BCUT2D eigenvalue weighted by atomic mass is 19.1. The zero-order chi connectivity index (χ0) is 22.1. The number of furan rings is 1. The first-order chi connectivity index (χ1) is 15.6. The van der Waals surface area contributed by atoms with E-state index in [0.717, 1.165) is 31.6 Å². The Morgan fingerprint density at radius 3 is 2.81 bits per heavy atom. The highest BCUT2D eigenvalue weighted by molar-refractivity contribution is 5.95. The van der Waals surface area contributed by atoms with Crippen LogP contribution in [0.4, 0.5) is 15.8 Å². The van der Waals surface area contributed by atoms with E-state index in [1.54, 1.807) is 12.3 Å². The van der Waals surface area contributed by atoms with Crippen molar-refractivity contribution in [3.05, 3.63) is 83.6 Å². The molecule has 166 valence electrons. The van der Waals surface area contributed by atoms with Crippen LogP contribution >= 0.6 is 0 Å². The van der Waals surface area contributed by atoms with E-state index in [1.165, 1.54) is 23.4 Å². The molecule has 1 fully saturated rings. The van der Waals surface area contributed by atoms with Crippen LogP contribution < -0.4 is 15.1 Å². The highest BCUT2D eigenvalue weighted by Gasteiger charge is 2.28. The Hall–Kier alpha value is -3.28. The van der Waals surface area contributed by atoms with Crippen molar-refractivity contribution in [3.63, 3.8) is 0 Å². The van der Waals surface area contributed by atoms with Crippen LogP contribution in [-0.4, -0.2) is 31.6 Å². The summed E-state index contributed by atoms with van der Waals surface area (Å²) in [5.74, 6) is 0.754. The minimum absolute atomic E-state index is 0.0888. The molecule has 5 nitrogen and oxygen atoms in total. The molecule has 32 heavy (non-hydrogen) atoms. The van der Waals surface area contributed by atoms with Crippen LogP contribution in [0.25, 0.3) is 0 Å². The predicted octanol–water partition coefficient (Wildman–Crippen LogP) is 4.63. The van der Waals surface area contributed by atoms with Gasteiger partial charge in [0.05, 0.1) is 18.4 Å². The Morgan fingerprint density at radius 1 is 1.16 bits per heavy atom. The number of rotatable bonds is 6. The molecule has 1 saturated heterocycles. The lowest BCUT2D eigenvalue weighted by molar-refractivity contribution is 0.0946. The van der Waals surface area contributed by atoms with E-state index in [4.69, 9.17) is 4.42 Å². The molecule has 2 aliphatic heterocycles. The van der Waals surface area contributed by atoms with E-state index < -0.39 is 0 Å². The summed E-state index contributed by atoms with van der Waals surface area (Å²) >= 11 is 0. The van der Waals surface area contributed by atoms with Gasteiger partial charge in [0.2, 0.25) is 0 Å². The summed E-state index contributed by atoms with van der Waals surface area (Å²) in [4.78, 5) is 17.5. The molecule has 0 spiro atoms. The minimum atomic E-state index is -0.223. The Kier molecular flexibility index (Phi) is 5.60. The van der Waals surface area contributed by atoms with Gasteiger partial charge >= 0.3 is 0 Å². The Morgan fingerprint density at radius 2 is 1.97 bits per heavy atom. The van der Waals surface area contributed by atoms with Gasteiger partial charge in [-0.05, 0) is 67.6 Å². The number of anilines is 2. The van der Waals surface area contributed by atoms with Gasteiger partial charge in [-0.1, -0.05) is 18.2 Å². The summed E-state index contributed by atoms with van der Waals surface area (Å²) in [6.45, 7) is 5.16. The zero-order valence-corrected chi connectivity index (χ0v) is 18.3. The lowest BCUT2D eigenvalue weighted by Crippen LogP contribution is -2.33. The summed E-state index contributed by atoms with van der Waals surface area (Å²) in [5, 5.41) is 3.10. The Balaban J connectivity index is 1.19. The van der Waals surface area contributed by atoms with Crippen molar-refractivity contribution >= 4 is 17.3 Å². The molecule has 2 unspecified atom stereocenters. The van der Waals surface area contributed by atoms with E-state index in [9.17, 15) is 9.18 Å². The van der Waals surface area contributed by atoms with Crippen LogP contribution in [-0.2, 0) is 13.0 Å². The maximum Gasteiger partial charge on any atom is 0.254 e. The molecule has 1 amide bonds. The lowest BCUT2D eigenvalue weighted by Gasteiger charge is -2.24. The lowest BCUT2D eigenvalue weighted by atomic mass is 10.1. The maximum absolute atomic E-state index is 13.2. The van der Waals surface area contributed by atoms with E-state index in [-0.39, 0.29) is 11.7 Å². The van der Waals surface area contributed by atoms with Crippen LogP contribution in [0.3, 0.4) is 0 Å². The Bertz CT molecular complexity index is 1090. The Labute approximate surface area is 187 Å². The molecule has 3 aromatic rings. The molecule has 2 aromatic carbocycles. The first-order valence-electron chi connectivity index (χ1n) is 11.3. The van der Waals surface area contributed by atoms with Gasteiger partial charge < -0.3 is 19.5 Å². The van der Waals surface area contributed by atoms with Crippen molar-refractivity contribution in [2.75, 3.05) is 29.4 Å². The van der Waals surface area contributed by atoms with Gasteiger partial charge in [0.1, 0.15) is 11.6 Å². The minimum Gasteiger partial charge on any atom is -0.467 e. The number of nitrogens with zero attached hydrogens (tertiary/aromatic N) is 2. The van der Waals surface area contributed by atoms with Crippen molar-refractivity contribution in [3.8, 4) is 0 Å². The number of nitrogens with one attached hydrogen (secondary N) is 1. The molecular formula is C26H28FN3O2. The van der Waals surface area contributed by atoms with Gasteiger partial charge in [-0.15, -0.1) is 0 Å². The van der Waals surface area contributed by atoms with Crippen LogP contribution in [0.1, 0.15) is 35.0 Å². The number of amides is 1. The summed E-state index contributed by atoms with van der Waals surface area (Å²) in [6.07, 6.45) is 3.60. The molecule has 0 aliphatic carbocycles. The average molecular weight is 434 g/mol. The van der Waals surface area contributed by atoms with Crippen LogP contribution in [0.15, 0.2) is 65.3 Å². The standard InChI is InChI=1S/C26H28FN3O2/c1-18-14-20-4-2-3-5-24(20)30(18)17-25-23(11-13-32-25)26(31)28-15-19-10-12-29(16-19)22-8-6-21(27)7-9-22/h2-9,11,13,18-19H,10,12,14-17H2,1H3,(H,28,31). The largest absolute Gasteiger partial charge is 0.467 e. The monoisotopic (exact) mass is 433 g/mol. The van der Waals surface area contributed by atoms with Gasteiger partial charge in [-0.2, -0.15) is 0 Å². The van der Waals surface area contributed by atoms with E-state index in [0.29, 0.717) is 36.4 Å². The zero-order valence-electron chi connectivity index (χ0n) is 18.3. The van der Waals surface area contributed by atoms with Gasteiger partial charge in [-0.3, -0.25) is 4.79 Å². The number of benzene rings is 2. The average Bonchev–Trinajstić information content (AvgIpc) is 3.53. The second kappa shape index (κ2) is 8.69. The number of para-hydroxylation sites is 1. The first kappa shape index (κ1) is 20.6. The fraction of sp³-hybridized carbons (Fsp3) is 0.346. The summed E-state index contributed by atoms with van der Waals surface area (Å²) in [6, 6.07) is 17.2. The smallest absolute Gasteiger partial charge is 0.254 e. The molecule has 5 rings (SSSR count). The first-order valence-corrected chi connectivity index (χ1v) is 11.3. The molecule has 0 radical (unpaired) electrons. The second-order valence-electron chi connectivity index (χ2n) is 8.85. The third-order valence-electron chi connectivity index (χ3n) is 6.68. The van der Waals surface area contributed by atoms with E-state index in [2.05, 4.69) is 46.3 Å². The van der Waals surface area contributed by atoms with E-state index >= 15 is 0 Å². The molecule has 1 aromatic heterocycles. The third kappa shape index (κ3) is 4.09. The summed E-state index contributed by atoms with van der Waals surface area (Å²) < 4.78 is 18.9. The number of halogens is 1. The molecule has 1 N–H and O–H groups in total. The van der Waals surface area contributed by atoms with Crippen LogP contribution in [0.5, 0.6) is 0 Å². The fourth-order valence-corrected chi connectivity index (χ4v) is 4.91. The van der Waals surface area contributed by atoms with Gasteiger partial charge in [-0.25, -0.2) is 4.39 Å². The summed E-state index contributed by atoms with van der Waals surface area (Å²) in [7, 11) is 0. The molecule has 6 heteroatoms. The molecule has 0 bridgehead atoms. The van der Waals surface area contributed by atoms with Crippen molar-refractivity contribution < 1.29 is 13.6 Å². The SMILES string of the molecule is CC1Cc2ccccc2N1Cc1occc1C(=O)NCC1CCN(c2ccc(F)cc2)C1. The third-order valence-corrected chi connectivity index (χ3v) is 6.68. The number of carbonyl (C=O) groups is 1. The second-order valence-corrected chi connectivity index (χ2v) is 8.85. The topological polar surface area (TPSA) is 48.7 Å². The number of fused-ring (bicyclic) bond motifs is 1. The quantitative estimate of drug-likeness (QED) is 0.616. The normalized spacial score (nSPS) is 19.9. The number of hydrogen-bond acceptors (Lipinski definition) is 4. The highest BCUT2D eigenvalue weighted by Crippen LogP contribution is 2.33. The molecular weight excluding hydrogens is 405 g/mol. The van der Waals surface area contributed by atoms with Crippen LogP contribution in [0.2, 0.25) is 0 Å². The van der Waals surface area contributed by atoms with Gasteiger partial charge in [0.25, 0.3) is 5.91 Å². The maximum atomic E-state index is 13.2. The summed E-state index contributed by atoms with van der Waals surface area (Å²) in [5.41, 5.74) is 4.19. The van der Waals surface area contributed by atoms with Crippen molar-refractivity contribution in [1.29, 1.82) is 0 Å². The predicted molar refractivity (Wildman–Crippen MR) is 124 cm³/mol. The van der Waals surface area contributed by atoms with Gasteiger partial charge in [0, 0.05) is 37.1 Å². The van der Waals surface area contributed by atoms with Crippen LogP contribution in [0, 0.1) is 11.7 Å². The van der Waals surface area contributed by atoms with E-state index in [1.807, 2.05) is 12.1 Å². The van der Waals surface area contributed by atoms with Gasteiger partial charge in [0.15, 0.2) is 0 Å². The number of hydrogen-bond donors (Lipinski definition) is 1. The molecule has 3 heterocycles. The van der Waals surface area contributed by atoms with Crippen molar-refractivity contribution in [2.45, 2.75) is 32.4 Å². The van der Waals surface area contributed by atoms with Crippen molar-refractivity contribution in [1.82, 2.24) is 5.32 Å². The fourth-order valence-electron chi connectivity index (χ4n) is 4.91. The number of carbonyl (C=O) groups excluding carboxylic acids is 1. The molecule has 0 saturated carbocycles.